The molecule has 3 aromatic carbocycles. The van der Waals surface area contributed by atoms with E-state index in [2.05, 4.69) is 45.1 Å². The first kappa shape index (κ1) is 20.3. The fourth-order valence-corrected chi connectivity index (χ4v) is 4.30. The van der Waals surface area contributed by atoms with Crippen molar-refractivity contribution in [2.45, 2.75) is 19.5 Å². The van der Waals surface area contributed by atoms with Crippen LogP contribution >= 0.6 is 0 Å². The second-order valence-electron chi connectivity index (χ2n) is 8.05. The molecule has 32 heavy (non-hydrogen) atoms. The summed E-state index contributed by atoms with van der Waals surface area (Å²) in [6.07, 6.45) is 1.04. The van der Waals surface area contributed by atoms with E-state index in [1.54, 1.807) is 19.2 Å². The monoisotopic (exact) mass is 426 g/mol. The number of methoxy groups -OCH3 is 1. The molecule has 1 aliphatic rings. The van der Waals surface area contributed by atoms with Crippen LogP contribution in [-0.4, -0.2) is 40.6 Å². The van der Waals surface area contributed by atoms with Gasteiger partial charge in [0.25, 0.3) is 5.91 Å². The van der Waals surface area contributed by atoms with Gasteiger partial charge in [0.1, 0.15) is 11.6 Å². The lowest BCUT2D eigenvalue weighted by atomic mass is 10.1. The molecule has 5 rings (SSSR count). The molecule has 0 radical (unpaired) electrons. The van der Waals surface area contributed by atoms with Crippen molar-refractivity contribution in [1.82, 2.24) is 14.5 Å². The number of imidazole rings is 1. The van der Waals surface area contributed by atoms with Crippen molar-refractivity contribution in [2.75, 3.05) is 25.5 Å². The summed E-state index contributed by atoms with van der Waals surface area (Å²) in [6.45, 7) is 3.79. The van der Waals surface area contributed by atoms with E-state index in [1.165, 1.54) is 5.56 Å². The van der Waals surface area contributed by atoms with Crippen LogP contribution in [0, 0.1) is 0 Å². The Hall–Kier alpha value is -3.64. The zero-order valence-electron chi connectivity index (χ0n) is 18.1. The van der Waals surface area contributed by atoms with E-state index in [0.717, 1.165) is 55.1 Å². The first-order chi connectivity index (χ1) is 15.7. The number of fused-ring (bicyclic) bond motifs is 3. The van der Waals surface area contributed by atoms with Gasteiger partial charge in [-0.2, -0.15) is 0 Å². The number of nitrogens with one attached hydrogen (secondary N) is 1. The average molecular weight is 427 g/mol. The van der Waals surface area contributed by atoms with Gasteiger partial charge in [-0.05, 0) is 42.3 Å². The van der Waals surface area contributed by atoms with Crippen LogP contribution in [0.25, 0.3) is 11.0 Å². The number of rotatable bonds is 6. The van der Waals surface area contributed by atoms with Crippen molar-refractivity contribution in [3.63, 3.8) is 0 Å². The molecular weight excluding hydrogens is 400 g/mol. The van der Waals surface area contributed by atoms with Crippen LogP contribution in [0.5, 0.6) is 5.75 Å². The molecule has 4 aromatic rings. The highest BCUT2D eigenvalue weighted by Gasteiger charge is 2.20. The lowest BCUT2D eigenvalue weighted by Crippen LogP contribution is -2.35. The Morgan fingerprint density at radius 2 is 1.84 bits per heavy atom. The molecule has 0 fully saturated rings. The first-order valence-electron chi connectivity index (χ1n) is 10.9. The molecule has 162 valence electrons. The standard InChI is InChI=1S/C26H26N4O2/c1-32-24-10-6-5-9-21(24)26(31)27-20-11-12-23-22(17-20)28-25-18-29(15-16-30(23)25)14-13-19-7-3-2-4-8-19/h2-12,17H,13-16,18H2,1H3,(H,27,31). The fraction of sp³-hybridized carbons (Fsp3) is 0.231. The molecule has 0 aliphatic carbocycles. The molecular formula is C26H26N4O2. The Balaban J connectivity index is 1.30. The van der Waals surface area contributed by atoms with E-state index in [1.807, 2.05) is 30.3 Å². The van der Waals surface area contributed by atoms with Gasteiger partial charge in [0.15, 0.2) is 0 Å². The number of nitrogens with zero attached hydrogens (tertiary/aromatic N) is 3. The van der Waals surface area contributed by atoms with Crippen LogP contribution in [-0.2, 0) is 19.5 Å². The summed E-state index contributed by atoms with van der Waals surface area (Å²) < 4.78 is 7.60. The number of para-hydroxylation sites is 1. The number of carbonyl (C=O) groups is 1. The van der Waals surface area contributed by atoms with Gasteiger partial charge in [-0.15, -0.1) is 0 Å². The zero-order valence-corrected chi connectivity index (χ0v) is 18.1. The molecule has 2 heterocycles. The third-order valence-electron chi connectivity index (χ3n) is 6.00. The van der Waals surface area contributed by atoms with Crippen LogP contribution in [0.2, 0.25) is 0 Å². The van der Waals surface area contributed by atoms with Crippen molar-refractivity contribution in [2.24, 2.45) is 0 Å². The Labute approximate surface area is 187 Å². The number of amides is 1. The summed E-state index contributed by atoms with van der Waals surface area (Å²) in [6, 6.07) is 23.7. The van der Waals surface area contributed by atoms with Crippen LogP contribution in [0.3, 0.4) is 0 Å². The lowest BCUT2D eigenvalue weighted by Gasteiger charge is -2.27. The van der Waals surface area contributed by atoms with Crippen molar-refractivity contribution < 1.29 is 9.53 Å². The summed E-state index contributed by atoms with van der Waals surface area (Å²) in [7, 11) is 1.57. The maximum atomic E-state index is 12.7. The normalized spacial score (nSPS) is 13.7. The molecule has 0 saturated heterocycles. The largest absolute Gasteiger partial charge is 0.496 e. The van der Waals surface area contributed by atoms with Crippen molar-refractivity contribution in [3.8, 4) is 5.75 Å². The van der Waals surface area contributed by atoms with Gasteiger partial charge in [-0.1, -0.05) is 42.5 Å². The summed E-state index contributed by atoms with van der Waals surface area (Å²) >= 11 is 0. The summed E-state index contributed by atoms with van der Waals surface area (Å²) in [5, 5.41) is 2.97. The summed E-state index contributed by atoms with van der Waals surface area (Å²) in [5.74, 6) is 1.43. The van der Waals surface area contributed by atoms with Gasteiger partial charge in [0.05, 0.1) is 30.3 Å². The quantitative estimate of drug-likeness (QED) is 0.498. The molecule has 0 saturated carbocycles. The number of hydrogen-bond donors (Lipinski definition) is 1. The highest BCUT2D eigenvalue weighted by molar-refractivity contribution is 6.06. The molecule has 0 atom stereocenters. The molecule has 1 amide bonds. The maximum Gasteiger partial charge on any atom is 0.259 e. The Morgan fingerprint density at radius 1 is 1.03 bits per heavy atom. The smallest absolute Gasteiger partial charge is 0.259 e. The van der Waals surface area contributed by atoms with E-state index in [9.17, 15) is 4.79 Å². The van der Waals surface area contributed by atoms with E-state index in [-0.39, 0.29) is 5.91 Å². The Bertz CT molecular complexity index is 1250. The second kappa shape index (κ2) is 8.85. The number of ether oxygens (including phenoxy) is 1. The molecule has 0 unspecified atom stereocenters. The number of anilines is 1. The SMILES string of the molecule is COc1ccccc1C(=O)Nc1ccc2c(c1)nc1n2CCN(CCc2ccccc2)C1. The van der Waals surface area contributed by atoms with Crippen LogP contribution in [0.1, 0.15) is 21.7 Å². The Morgan fingerprint density at radius 3 is 2.69 bits per heavy atom. The van der Waals surface area contributed by atoms with Gasteiger partial charge < -0.3 is 14.6 Å². The zero-order chi connectivity index (χ0) is 21.9. The molecule has 1 aliphatic heterocycles. The van der Waals surface area contributed by atoms with E-state index in [0.29, 0.717) is 11.3 Å². The number of benzene rings is 3. The van der Waals surface area contributed by atoms with Gasteiger partial charge in [0, 0.05) is 25.3 Å². The molecule has 1 N–H and O–H groups in total. The van der Waals surface area contributed by atoms with Gasteiger partial charge in [-0.25, -0.2) is 4.98 Å². The molecule has 0 spiro atoms. The minimum absolute atomic E-state index is 0.196. The predicted molar refractivity (Wildman–Crippen MR) is 126 cm³/mol. The van der Waals surface area contributed by atoms with E-state index in [4.69, 9.17) is 9.72 Å². The predicted octanol–water partition coefficient (Wildman–Crippen LogP) is 4.36. The third-order valence-corrected chi connectivity index (χ3v) is 6.00. The van der Waals surface area contributed by atoms with E-state index < -0.39 is 0 Å². The minimum atomic E-state index is -0.196. The third kappa shape index (κ3) is 4.09. The first-order valence-corrected chi connectivity index (χ1v) is 10.9. The number of aromatic nitrogens is 2. The van der Waals surface area contributed by atoms with Crippen molar-refractivity contribution in [3.05, 3.63) is 89.7 Å². The molecule has 1 aromatic heterocycles. The number of carbonyl (C=O) groups excluding carboxylic acids is 1. The van der Waals surface area contributed by atoms with Crippen LogP contribution in [0.15, 0.2) is 72.8 Å². The highest BCUT2D eigenvalue weighted by Crippen LogP contribution is 2.25. The summed E-state index contributed by atoms with van der Waals surface area (Å²) in [4.78, 5) is 20.1. The van der Waals surface area contributed by atoms with Gasteiger partial charge in [0.2, 0.25) is 0 Å². The van der Waals surface area contributed by atoms with Gasteiger partial charge >= 0.3 is 0 Å². The van der Waals surface area contributed by atoms with Gasteiger partial charge in [-0.3, -0.25) is 9.69 Å². The average Bonchev–Trinajstić information content (AvgIpc) is 3.20. The van der Waals surface area contributed by atoms with E-state index >= 15 is 0 Å². The lowest BCUT2D eigenvalue weighted by molar-refractivity contribution is 0.102. The second-order valence-corrected chi connectivity index (χ2v) is 8.05. The maximum absolute atomic E-state index is 12.7. The topological polar surface area (TPSA) is 59.4 Å². The van der Waals surface area contributed by atoms with Crippen molar-refractivity contribution in [1.29, 1.82) is 0 Å². The number of hydrogen-bond acceptors (Lipinski definition) is 4. The molecule has 0 bridgehead atoms. The van der Waals surface area contributed by atoms with Crippen LogP contribution in [0.4, 0.5) is 5.69 Å². The molecule has 6 nitrogen and oxygen atoms in total. The Kier molecular flexibility index (Phi) is 5.60. The molecule has 6 heteroatoms. The fourth-order valence-electron chi connectivity index (χ4n) is 4.30. The minimum Gasteiger partial charge on any atom is -0.496 e. The van der Waals surface area contributed by atoms with Crippen LogP contribution < -0.4 is 10.1 Å². The highest BCUT2D eigenvalue weighted by atomic mass is 16.5. The summed E-state index contributed by atoms with van der Waals surface area (Å²) in [5.41, 5.74) is 4.61. The van der Waals surface area contributed by atoms with Crippen molar-refractivity contribution >= 4 is 22.6 Å².